The fourth-order valence-corrected chi connectivity index (χ4v) is 11.2. The number of aliphatic imine (C=N–C) groups is 1. The molecule has 3 aliphatic heterocycles. The van der Waals surface area contributed by atoms with E-state index in [1.807, 2.05) is 94.4 Å². The number of aryl methyl sites for hydroxylation is 4. The Balaban J connectivity index is 0.000000266. The molecule has 0 bridgehead atoms. The summed E-state index contributed by atoms with van der Waals surface area (Å²) in [6, 6.07) is 38.5. The Labute approximate surface area is 601 Å². The Morgan fingerprint density at radius 2 is 0.885 bits per heavy atom. The SMILES string of the molecule is COc1cc(CC(=O)NCCc2ccc(O)c(C)c2)ccc1O.COc1cc(CC2=NCCc3cc(C)c(O)cc32)ccc1O.COc1cc(CC2NCCc3cc(C)c(O)cc32)ccc1O.COc1cc(CC2NCCc3cc(C)c(O)cc32)ccc1O.O=P(Cl)(Cl)Cl.[B].[H-].[Na+]. The molecule has 11 N–H and O–H groups in total. The third kappa shape index (κ3) is 23.1. The second-order valence-corrected chi connectivity index (χ2v) is 29.6. The maximum atomic E-state index is 12.0. The van der Waals surface area contributed by atoms with E-state index in [9.17, 15) is 50.2 Å². The van der Waals surface area contributed by atoms with E-state index in [0.717, 1.165) is 124 Å². The molecule has 8 aromatic carbocycles. The van der Waals surface area contributed by atoms with E-state index < -0.39 is 5.20 Å². The molecule has 0 spiro atoms. The van der Waals surface area contributed by atoms with Crippen LogP contribution in [0, 0.1) is 27.7 Å². The molecule has 505 valence electrons. The molecule has 96 heavy (non-hydrogen) atoms. The standard InChI is InChI=1S/C18H21NO4.2C18H21NO3.C18H19NO3.B.Cl3OP.Na.H/c1-12-9-13(3-5-15(12)20)7-8-19-18(22)11-14-4-6-16(21)17(10-14)23-2;3*1-11-7-13-5-6-19-15(14(13)10-17(11)21)8-12-3-4-16(20)18(9-12)22-2;;1-5(2,3)4;;/h3-6,9-10,20-21H,7-8,11H2,1-2H3,(H,19,22);2*3-4,7,9-10,15,19-21H,5-6,8H2,1-2H3;3-4,7,9-10,20-21H,5-6,8H2,1-2H3;;;;/q;;;;;;+1;-1. The normalized spacial score (nSPS) is 14.0. The summed E-state index contributed by atoms with van der Waals surface area (Å²) in [4.78, 5) is 16.6. The number of methoxy groups -OCH3 is 4. The molecule has 0 aliphatic carbocycles. The van der Waals surface area contributed by atoms with Crippen molar-refractivity contribution in [3.63, 3.8) is 0 Å². The van der Waals surface area contributed by atoms with Gasteiger partial charge in [-0.1, -0.05) is 54.6 Å². The van der Waals surface area contributed by atoms with Gasteiger partial charge in [0.1, 0.15) is 23.0 Å². The van der Waals surface area contributed by atoms with Crippen LogP contribution in [0.25, 0.3) is 0 Å². The fraction of sp³-hybridized carbons (Fsp3) is 0.306. The van der Waals surface area contributed by atoms with Crippen molar-refractivity contribution in [1.82, 2.24) is 16.0 Å². The van der Waals surface area contributed by atoms with Crippen LogP contribution in [0.2, 0.25) is 0 Å². The molecule has 0 fully saturated rings. The number of hydrogen-bond donors (Lipinski definition) is 11. The number of rotatable bonds is 15. The molecular weight excluding hydrogens is 1320 g/mol. The number of hydrogen-bond acceptors (Lipinski definition) is 17. The molecule has 0 saturated heterocycles. The van der Waals surface area contributed by atoms with Crippen LogP contribution in [-0.2, 0) is 60.7 Å². The number of phenolic OH excluding ortho intramolecular Hbond substituents is 8. The summed E-state index contributed by atoms with van der Waals surface area (Å²) in [7, 11) is 6.10. The molecule has 3 radical (unpaired) electrons. The average Bonchev–Trinajstić information content (AvgIpc) is 0.825. The molecule has 3 heterocycles. The van der Waals surface area contributed by atoms with Crippen LogP contribution in [0.3, 0.4) is 0 Å². The van der Waals surface area contributed by atoms with Crippen molar-refractivity contribution in [2.75, 3.05) is 54.6 Å². The van der Waals surface area contributed by atoms with Gasteiger partial charge in [0.05, 0.1) is 34.9 Å². The van der Waals surface area contributed by atoms with Gasteiger partial charge in [-0.3, -0.25) is 14.4 Å². The monoisotopic (exact) mass is 1400 g/mol. The maximum absolute atomic E-state index is 12.0. The fourth-order valence-electron chi connectivity index (χ4n) is 11.2. The number of carbonyl (C=O) groups is 1. The van der Waals surface area contributed by atoms with Gasteiger partial charge in [-0.15, -0.1) is 0 Å². The van der Waals surface area contributed by atoms with Gasteiger partial charge in [-0.25, -0.2) is 0 Å². The van der Waals surface area contributed by atoms with Crippen LogP contribution in [0.5, 0.6) is 69.0 Å². The number of fused-ring (bicyclic) bond motifs is 3. The summed E-state index contributed by atoms with van der Waals surface area (Å²) in [5.41, 5.74) is 16.7. The largest absolute Gasteiger partial charge is 1.00 e. The molecule has 18 nitrogen and oxygen atoms in total. The minimum Gasteiger partial charge on any atom is -1.00 e. The van der Waals surface area contributed by atoms with Crippen LogP contribution < -0.4 is 64.5 Å². The van der Waals surface area contributed by atoms with Crippen LogP contribution >= 0.6 is 38.9 Å². The van der Waals surface area contributed by atoms with Crippen molar-refractivity contribution in [2.45, 2.75) is 91.1 Å². The second-order valence-electron chi connectivity index (χ2n) is 23.0. The zero-order valence-electron chi connectivity index (χ0n) is 56.4. The summed E-state index contributed by atoms with van der Waals surface area (Å²) < 4.78 is 30.0. The summed E-state index contributed by atoms with van der Waals surface area (Å²) >= 11 is 13.8. The first-order valence-corrected chi connectivity index (χ1v) is 34.8. The van der Waals surface area contributed by atoms with E-state index in [0.29, 0.717) is 59.6 Å². The topological polar surface area (TPSA) is 281 Å². The summed E-state index contributed by atoms with van der Waals surface area (Å²) in [6.07, 6.45) is 6.00. The number of aromatic hydroxyl groups is 8. The number of nitrogens with zero attached hydrogens (tertiary/aromatic N) is 1. The molecule has 8 aromatic rings. The van der Waals surface area contributed by atoms with Gasteiger partial charge < -0.3 is 77.2 Å². The van der Waals surface area contributed by atoms with Crippen molar-refractivity contribution in [3.05, 3.63) is 211 Å². The van der Waals surface area contributed by atoms with E-state index >= 15 is 0 Å². The Morgan fingerprint density at radius 3 is 1.33 bits per heavy atom. The van der Waals surface area contributed by atoms with E-state index in [2.05, 4.69) is 66.8 Å². The molecule has 2 unspecified atom stereocenters. The first kappa shape index (κ1) is 79.3. The number of ether oxygens (including phenoxy) is 4. The number of phenols is 8. The summed E-state index contributed by atoms with van der Waals surface area (Å²) in [5.74, 6) is 3.45. The van der Waals surface area contributed by atoms with E-state index in [1.165, 1.54) is 37.0 Å². The Bertz CT molecular complexity index is 3930. The second kappa shape index (κ2) is 37.4. The van der Waals surface area contributed by atoms with Crippen LogP contribution in [0.4, 0.5) is 0 Å². The Morgan fingerprint density at radius 1 is 0.510 bits per heavy atom. The first-order valence-electron chi connectivity index (χ1n) is 30.4. The predicted molar refractivity (Wildman–Crippen MR) is 378 cm³/mol. The maximum Gasteiger partial charge on any atom is 1.00 e. The quantitative estimate of drug-likeness (QED) is 0.0336. The molecule has 2 atom stereocenters. The number of carbonyl (C=O) groups excluding carboxylic acids is 1. The van der Waals surface area contributed by atoms with Gasteiger partial charge >= 0.3 is 34.8 Å². The van der Waals surface area contributed by atoms with Gasteiger partial charge in [0.2, 0.25) is 5.91 Å². The minimum atomic E-state index is -3.22. The van der Waals surface area contributed by atoms with Crippen LogP contribution in [0.15, 0.2) is 132 Å². The Kier molecular flexibility index (Phi) is 30.8. The van der Waals surface area contributed by atoms with E-state index in [1.54, 1.807) is 56.7 Å². The molecule has 11 rings (SSSR count). The van der Waals surface area contributed by atoms with Crippen molar-refractivity contribution in [2.24, 2.45) is 4.99 Å². The third-order valence-corrected chi connectivity index (χ3v) is 16.2. The predicted octanol–water partition coefficient (Wildman–Crippen LogP) is 10.6. The van der Waals surface area contributed by atoms with Crippen molar-refractivity contribution < 1.29 is 100 Å². The van der Waals surface area contributed by atoms with Crippen molar-refractivity contribution >= 4 is 59.0 Å². The zero-order valence-corrected chi connectivity index (χ0v) is 60.6. The molecule has 1 amide bonds. The summed E-state index contributed by atoms with van der Waals surface area (Å²) in [6.45, 7) is 10.8. The third-order valence-electron chi connectivity index (χ3n) is 16.2. The van der Waals surface area contributed by atoms with Crippen molar-refractivity contribution in [3.8, 4) is 69.0 Å². The molecular formula is C72H83BCl3N4NaO14P. The number of nitrogens with one attached hydrogen (secondary N) is 3. The van der Waals surface area contributed by atoms with E-state index in [-0.39, 0.29) is 92.6 Å². The molecule has 3 aliphatic rings. The molecule has 24 heteroatoms. The Hall–Kier alpha value is -7.42. The number of amides is 1. The van der Waals surface area contributed by atoms with Crippen molar-refractivity contribution in [1.29, 1.82) is 0 Å². The molecule has 0 aromatic heterocycles. The van der Waals surface area contributed by atoms with Gasteiger partial charge in [0.15, 0.2) is 46.0 Å². The van der Waals surface area contributed by atoms with E-state index in [4.69, 9.17) is 18.9 Å². The first-order chi connectivity index (χ1) is 44.7. The van der Waals surface area contributed by atoms with Gasteiger partial charge in [-0.05, 0) is 264 Å². The minimum absolute atomic E-state index is 0. The van der Waals surface area contributed by atoms with Gasteiger partial charge in [0.25, 0.3) is 0 Å². The zero-order chi connectivity index (χ0) is 68.4. The van der Waals surface area contributed by atoms with Gasteiger partial charge in [0, 0.05) is 51.3 Å². The average molecular weight is 1400 g/mol. The summed E-state index contributed by atoms with van der Waals surface area (Å²) in [5, 5.41) is 84.7. The smallest absolute Gasteiger partial charge is 1.00 e. The number of halogens is 3. The van der Waals surface area contributed by atoms with Crippen LogP contribution in [0.1, 0.15) is 97.0 Å². The van der Waals surface area contributed by atoms with Gasteiger partial charge in [-0.2, -0.15) is 0 Å². The number of benzene rings is 8. The molecule has 0 saturated carbocycles. The van der Waals surface area contributed by atoms with Crippen LogP contribution in [-0.4, -0.2) is 116 Å².